The lowest BCUT2D eigenvalue weighted by Gasteiger charge is -2.39. The normalized spacial score (nSPS) is 33.7. The predicted octanol–water partition coefficient (Wildman–Crippen LogP) is 3.93. The molecule has 2 aliphatic carbocycles. The van der Waals surface area contributed by atoms with E-state index in [9.17, 15) is 4.79 Å². The first-order valence-electron chi connectivity index (χ1n) is 7.88. The molecule has 0 spiro atoms. The Morgan fingerprint density at radius 1 is 1.38 bits per heavy atom. The molecule has 1 amide bonds. The molecule has 1 aromatic heterocycles. The van der Waals surface area contributed by atoms with E-state index < -0.39 is 0 Å². The van der Waals surface area contributed by atoms with Crippen LogP contribution in [0.3, 0.4) is 0 Å². The van der Waals surface area contributed by atoms with Crippen molar-refractivity contribution in [2.75, 3.05) is 0 Å². The number of hydrogen-bond donors (Lipinski definition) is 1. The van der Waals surface area contributed by atoms with Gasteiger partial charge in [0.2, 0.25) is 5.91 Å². The van der Waals surface area contributed by atoms with Gasteiger partial charge in [-0.1, -0.05) is 20.8 Å². The number of hydrogen-bond acceptors (Lipinski definition) is 2. The zero-order valence-electron chi connectivity index (χ0n) is 13.4. The molecule has 1 aromatic rings. The van der Waals surface area contributed by atoms with Gasteiger partial charge in [-0.25, -0.2) is 0 Å². The summed E-state index contributed by atoms with van der Waals surface area (Å²) in [4.78, 5) is 12.2. The Hall–Kier alpha value is -1.51. The van der Waals surface area contributed by atoms with E-state index in [4.69, 9.17) is 4.42 Å². The van der Waals surface area contributed by atoms with E-state index in [0.717, 1.165) is 23.9 Å². The Kier molecular flexibility index (Phi) is 3.27. The number of carbonyl (C=O) groups is 1. The van der Waals surface area contributed by atoms with Gasteiger partial charge >= 0.3 is 0 Å². The molecule has 2 saturated carbocycles. The minimum absolute atomic E-state index is 0.0152. The average Bonchev–Trinajstić information content (AvgIpc) is 2.98. The quantitative estimate of drug-likeness (QED) is 0.856. The summed E-state index contributed by atoms with van der Waals surface area (Å²) in [5.74, 6) is 2.31. The summed E-state index contributed by atoms with van der Waals surface area (Å²) >= 11 is 0. The molecule has 0 saturated heterocycles. The van der Waals surface area contributed by atoms with Gasteiger partial charge in [-0.2, -0.15) is 0 Å². The van der Waals surface area contributed by atoms with Crippen LogP contribution in [0.1, 0.15) is 51.6 Å². The monoisotopic (exact) mass is 287 g/mol. The highest BCUT2D eigenvalue weighted by Crippen LogP contribution is 2.65. The van der Waals surface area contributed by atoms with Crippen LogP contribution in [0.5, 0.6) is 0 Å². The SMILES string of the molecule is Cc1ccc(/C=C/C(=O)NC2CC3CCC2(C)C3(C)C)o1. The zero-order valence-corrected chi connectivity index (χ0v) is 13.4. The van der Waals surface area contributed by atoms with Crippen LogP contribution in [-0.2, 0) is 4.79 Å². The molecule has 0 radical (unpaired) electrons. The first-order chi connectivity index (χ1) is 9.83. The average molecular weight is 287 g/mol. The number of nitrogens with one attached hydrogen (secondary N) is 1. The van der Waals surface area contributed by atoms with Crippen LogP contribution in [-0.4, -0.2) is 11.9 Å². The topological polar surface area (TPSA) is 42.2 Å². The van der Waals surface area contributed by atoms with E-state index in [0.29, 0.717) is 11.5 Å². The van der Waals surface area contributed by atoms with Crippen molar-refractivity contribution in [1.29, 1.82) is 0 Å². The second-order valence-electron chi connectivity index (χ2n) is 7.45. The van der Waals surface area contributed by atoms with Gasteiger partial charge in [-0.3, -0.25) is 4.79 Å². The summed E-state index contributed by atoms with van der Waals surface area (Å²) in [6, 6.07) is 4.07. The van der Waals surface area contributed by atoms with Crippen LogP contribution in [0, 0.1) is 23.7 Å². The minimum atomic E-state index is -0.0152. The molecule has 3 nitrogen and oxygen atoms in total. The fourth-order valence-electron chi connectivity index (χ4n) is 4.34. The highest BCUT2D eigenvalue weighted by atomic mass is 16.3. The van der Waals surface area contributed by atoms with E-state index in [1.807, 2.05) is 19.1 Å². The van der Waals surface area contributed by atoms with Gasteiger partial charge < -0.3 is 9.73 Å². The molecule has 2 aliphatic rings. The summed E-state index contributed by atoms with van der Waals surface area (Å²) in [6.07, 6.45) is 6.96. The molecule has 114 valence electrons. The lowest BCUT2D eigenvalue weighted by molar-refractivity contribution is -0.118. The number of aryl methyl sites for hydroxylation is 1. The van der Waals surface area contributed by atoms with Gasteiger partial charge in [0.15, 0.2) is 0 Å². The van der Waals surface area contributed by atoms with Crippen LogP contribution >= 0.6 is 0 Å². The fraction of sp³-hybridized carbons (Fsp3) is 0.611. The van der Waals surface area contributed by atoms with Crippen LogP contribution in [0.25, 0.3) is 6.08 Å². The van der Waals surface area contributed by atoms with Crippen LogP contribution < -0.4 is 5.32 Å². The third-order valence-electron chi connectivity index (χ3n) is 6.27. The second kappa shape index (κ2) is 4.75. The smallest absolute Gasteiger partial charge is 0.244 e. The van der Waals surface area contributed by atoms with Crippen molar-refractivity contribution in [3.63, 3.8) is 0 Å². The maximum Gasteiger partial charge on any atom is 0.244 e. The van der Waals surface area contributed by atoms with Gasteiger partial charge in [0.1, 0.15) is 11.5 Å². The molecule has 3 heteroatoms. The fourth-order valence-corrected chi connectivity index (χ4v) is 4.34. The Balaban J connectivity index is 1.65. The molecule has 3 rings (SSSR count). The van der Waals surface area contributed by atoms with Gasteiger partial charge in [-0.05, 0) is 61.1 Å². The molecule has 1 N–H and O–H groups in total. The summed E-state index contributed by atoms with van der Waals surface area (Å²) in [5, 5.41) is 3.22. The summed E-state index contributed by atoms with van der Waals surface area (Å²) in [7, 11) is 0. The Bertz CT molecular complexity index is 584. The van der Waals surface area contributed by atoms with Crippen LogP contribution in [0.4, 0.5) is 0 Å². The Morgan fingerprint density at radius 3 is 2.67 bits per heavy atom. The maximum atomic E-state index is 12.2. The van der Waals surface area contributed by atoms with E-state index in [2.05, 4.69) is 26.1 Å². The molecule has 1 heterocycles. The van der Waals surface area contributed by atoms with Crippen molar-refractivity contribution < 1.29 is 9.21 Å². The molecule has 2 fully saturated rings. The Labute approximate surface area is 126 Å². The third-order valence-corrected chi connectivity index (χ3v) is 6.27. The molecule has 3 unspecified atom stereocenters. The molecular weight excluding hydrogens is 262 g/mol. The highest BCUT2D eigenvalue weighted by Gasteiger charge is 2.61. The molecule has 0 aliphatic heterocycles. The number of fused-ring (bicyclic) bond motifs is 2. The molecule has 3 atom stereocenters. The Morgan fingerprint density at radius 2 is 2.14 bits per heavy atom. The zero-order chi connectivity index (χ0) is 15.3. The van der Waals surface area contributed by atoms with Crippen LogP contribution in [0.2, 0.25) is 0 Å². The lowest BCUT2D eigenvalue weighted by Crippen LogP contribution is -2.46. The summed E-state index contributed by atoms with van der Waals surface area (Å²) in [5.41, 5.74) is 0.551. The van der Waals surface area contributed by atoms with Gasteiger partial charge in [0, 0.05) is 12.1 Å². The van der Waals surface area contributed by atoms with Crippen molar-refractivity contribution in [1.82, 2.24) is 5.32 Å². The van der Waals surface area contributed by atoms with Crippen molar-refractivity contribution in [3.05, 3.63) is 29.7 Å². The lowest BCUT2D eigenvalue weighted by atomic mass is 9.69. The predicted molar refractivity (Wildman–Crippen MR) is 83.6 cm³/mol. The third kappa shape index (κ3) is 2.23. The largest absolute Gasteiger partial charge is 0.462 e. The van der Waals surface area contributed by atoms with Crippen LogP contribution in [0.15, 0.2) is 22.6 Å². The highest BCUT2D eigenvalue weighted by molar-refractivity contribution is 5.91. The number of amides is 1. The molecule has 21 heavy (non-hydrogen) atoms. The van der Waals surface area contributed by atoms with Crippen molar-refractivity contribution in [2.24, 2.45) is 16.7 Å². The van der Waals surface area contributed by atoms with Crippen molar-refractivity contribution in [3.8, 4) is 0 Å². The number of carbonyl (C=O) groups excluding carboxylic acids is 1. The van der Waals surface area contributed by atoms with Gasteiger partial charge in [0.25, 0.3) is 0 Å². The van der Waals surface area contributed by atoms with Gasteiger partial charge in [0.05, 0.1) is 0 Å². The molecular formula is C18H25NO2. The van der Waals surface area contributed by atoms with Crippen molar-refractivity contribution in [2.45, 2.75) is 53.0 Å². The second-order valence-corrected chi connectivity index (χ2v) is 7.45. The number of rotatable bonds is 3. The standard InChI is InChI=1S/C18H25NO2/c1-12-5-6-14(21-12)7-8-16(20)19-15-11-13-9-10-18(15,4)17(13,2)3/h5-8,13,15H,9-11H2,1-4H3,(H,19,20)/b8-7+. The molecule has 0 aromatic carbocycles. The summed E-state index contributed by atoms with van der Waals surface area (Å²) < 4.78 is 5.44. The van der Waals surface area contributed by atoms with E-state index in [-0.39, 0.29) is 11.3 Å². The van der Waals surface area contributed by atoms with Gasteiger partial charge in [-0.15, -0.1) is 0 Å². The summed E-state index contributed by atoms with van der Waals surface area (Å²) in [6.45, 7) is 8.96. The number of furan rings is 1. The van der Waals surface area contributed by atoms with Crippen molar-refractivity contribution >= 4 is 12.0 Å². The van der Waals surface area contributed by atoms with E-state index >= 15 is 0 Å². The van der Waals surface area contributed by atoms with E-state index in [1.165, 1.54) is 12.8 Å². The minimum Gasteiger partial charge on any atom is -0.462 e. The maximum absolute atomic E-state index is 12.2. The first kappa shape index (κ1) is 14.4. The first-order valence-corrected chi connectivity index (χ1v) is 7.88. The van der Waals surface area contributed by atoms with E-state index in [1.54, 1.807) is 12.2 Å². The molecule has 2 bridgehead atoms.